The van der Waals surface area contributed by atoms with Gasteiger partial charge in [0.05, 0.1) is 11.4 Å². The highest BCUT2D eigenvalue weighted by Crippen LogP contribution is 2.52. The van der Waals surface area contributed by atoms with Gasteiger partial charge in [-0.15, -0.1) is 0 Å². The van der Waals surface area contributed by atoms with Gasteiger partial charge in [-0.2, -0.15) is 0 Å². The summed E-state index contributed by atoms with van der Waals surface area (Å²) in [7, 11) is 0. The van der Waals surface area contributed by atoms with Gasteiger partial charge in [0.2, 0.25) is 0 Å². The Morgan fingerprint density at radius 2 is 1.16 bits per heavy atom. The Kier molecular flexibility index (Phi) is 5.80. The fourth-order valence-electron chi connectivity index (χ4n) is 6.51. The Morgan fingerprint density at radius 1 is 0.512 bits per heavy atom. The molecule has 0 bridgehead atoms. The monoisotopic (exact) mass is 551 g/mol. The molecule has 3 heteroatoms. The molecule has 0 spiro atoms. The predicted molar refractivity (Wildman–Crippen MR) is 177 cm³/mol. The Morgan fingerprint density at radius 3 is 1.93 bits per heavy atom. The van der Waals surface area contributed by atoms with Crippen molar-refractivity contribution in [3.63, 3.8) is 0 Å². The summed E-state index contributed by atoms with van der Waals surface area (Å²) in [6.45, 7) is 4.65. The van der Waals surface area contributed by atoms with Crippen LogP contribution in [0.4, 0.5) is 0 Å². The lowest BCUT2D eigenvalue weighted by Gasteiger charge is -2.21. The van der Waals surface area contributed by atoms with Crippen molar-refractivity contribution in [2.45, 2.75) is 19.3 Å². The van der Waals surface area contributed by atoms with E-state index < -0.39 is 0 Å². The molecule has 0 fully saturated rings. The number of hydrogen-bond acceptors (Lipinski definition) is 3. The molecule has 2 heterocycles. The van der Waals surface area contributed by atoms with Crippen LogP contribution < -0.4 is 0 Å². The summed E-state index contributed by atoms with van der Waals surface area (Å²) in [5.41, 5.74) is 12.4. The topological polar surface area (TPSA) is 38.7 Å². The minimum Gasteiger partial charge on any atom is -0.264 e. The maximum atomic E-state index is 5.16. The Bertz CT molecular complexity index is 2130. The van der Waals surface area contributed by atoms with Crippen LogP contribution in [0.25, 0.3) is 66.9 Å². The minimum atomic E-state index is -0.0822. The van der Waals surface area contributed by atoms with Crippen molar-refractivity contribution in [1.82, 2.24) is 15.0 Å². The molecule has 0 unspecified atom stereocenters. The quantitative estimate of drug-likeness (QED) is 0.218. The second kappa shape index (κ2) is 9.85. The van der Waals surface area contributed by atoms with E-state index in [-0.39, 0.29) is 5.41 Å². The van der Waals surface area contributed by atoms with Crippen LogP contribution in [0.5, 0.6) is 0 Å². The first-order valence-electron chi connectivity index (χ1n) is 14.7. The van der Waals surface area contributed by atoms with Crippen molar-refractivity contribution in [3.8, 4) is 56.2 Å². The molecule has 0 atom stereocenters. The zero-order chi connectivity index (χ0) is 29.0. The molecule has 0 saturated heterocycles. The first-order chi connectivity index (χ1) is 21.1. The molecule has 7 aromatic rings. The van der Waals surface area contributed by atoms with Crippen molar-refractivity contribution in [2.24, 2.45) is 0 Å². The van der Waals surface area contributed by atoms with Gasteiger partial charge in [0.15, 0.2) is 5.82 Å². The van der Waals surface area contributed by atoms with Gasteiger partial charge in [-0.05, 0) is 62.4 Å². The van der Waals surface area contributed by atoms with E-state index in [1.165, 1.54) is 33.0 Å². The third-order valence-corrected chi connectivity index (χ3v) is 8.79. The largest absolute Gasteiger partial charge is 0.264 e. The lowest BCUT2D eigenvalue weighted by atomic mass is 9.82. The molecule has 0 saturated carbocycles. The fourth-order valence-corrected chi connectivity index (χ4v) is 6.51. The molecular weight excluding hydrogens is 522 g/mol. The summed E-state index contributed by atoms with van der Waals surface area (Å²) in [6.07, 6.45) is 3.69. The SMILES string of the molecule is CC1(C)c2ccc(-c3nc(-c4ccccc4)cc(-c4ccc(-c5cccnc5)cc4)n3)cc2-c2c1ccc1ccccc21. The van der Waals surface area contributed by atoms with E-state index in [0.717, 1.165) is 45.0 Å². The molecule has 2 aromatic heterocycles. The summed E-state index contributed by atoms with van der Waals surface area (Å²) in [4.78, 5) is 14.6. The molecule has 1 aliphatic rings. The van der Waals surface area contributed by atoms with Crippen molar-refractivity contribution < 1.29 is 0 Å². The van der Waals surface area contributed by atoms with Crippen molar-refractivity contribution >= 4 is 10.8 Å². The van der Waals surface area contributed by atoms with E-state index in [2.05, 4.69) is 134 Å². The Hall–Kier alpha value is -5.41. The number of nitrogens with zero attached hydrogens (tertiary/aromatic N) is 3. The molecule has 0 radical (unpaired) electrons. The van der Waals surface area contributed by atoms with Crippen LogP contribution in [0.1, 0.15) is 25.0 Å². The van der Waals surface area contributed by atoms with Gasteiger partial charge < -0.3 is 0 Å². The van der Waals surface area contributed by atoms with E-state index >= 15 is 0 Å². The minimum absolute atomic E-state index is 0.0822. The standard InChI is InChI=1S/C40H29N3/c1-40(2)34-20-19-30(23-33(34)38-32-13-7-6-9-27(32)18-21-35(38)40)39-42-36(28-10-4-3-5-11-28)24-37(43-39)29-16-14-26(15-17-29)31-12-8-22-41-25-31/h3-25H,1-2H3. The van der Waals surface area contributed by atoms with Crippen LogP contribution >= 0.6 is 0 Å². The number of pyridine rings is 1. The summed E-state index contributed by atoms with van der Waals surface area (Å²) >= 11 is 0. The van der Waals surface area contributed by atoms with Gasteiger partial charge in [0.25, 0.3) is 0 Å². The molecular formula is C40H29N3. The van der Waals surface area contributed by atoms with Crippen LogP contribution in [-0.2, 0) is 5.41 Å². The smallest absolute Gasteiger partial charge is 0.160 e. The van der Waals surface area contributed by atoms with Crippen molar-refractivity contribution in [2.75, 3.05) is 0 Å². The van der Waals surface area contributed by atoms with Crippen LogP contribution in [0.2, 0.25) is 0 Å². The van der Waals surface area contributed by atoms with E-state index in [9.17, 15) is 0 Å². The van der Waals surface area contributed by atoms with E-state index in [4.69, 9.17) is 9.97 Å². The number of rotatable bonds is 4. The zero-order valence-electron chi connectivity index (χ0n) is 24.1. The zero-order valence-corrected chi connectivity index (χ0v) is 24.1. The van der Waals surface area contributed by atoms with Crippen LogP contribution in [0.3, 0.4) is 0 Å². The molecule has 204 valence electrons. The first kappa shape index (κ1) is 25.3. The normalized spacial score (nSPS) is 13.1. The maximum absolute atomic E-state index is 5.16. The number of aromatic nitrogens is 3. The van der Waals surface area contributed by atoms with Crippen LogP contribution in [0.15, 0.2) is 140 Å². The van der Waals surface area contributed by atoms with Crippen LogP contribution in [0, 0.1) is 0 Å². The maximum Gasteiger partial charge on any atom is 0.160 e. The molecule has 0 aliphatic heterocycles. The molecule has 3 nitrogen and oxygen atoms in total. The second-order valence-corrected chi connectivity index (χ2v) is 11.7. The highest BCUT2D eigenvalue weighted by molar-refractivity contribution is 6.03. The Balaban J connectivity index is 1.29. The molecule has 0 amide bonds. The van der Waals surface area contributed by atoms with E-state index in [1.807, 2.05) is 18.3 Å². The molecule has 8 rings (SSSR count). The lowest BCUT2D eigenvalue weighted by Crippen LogP contribution is -2.14. The third kappa shape index (κ3) is 4.24. The summed E-state index contributed by atoms with van der Waals surface area (Å²) in [6, 6.07) is 45.0. The highest BCUT2D eigenvalue weighted by Gasteiger charge is 2.36. The molecule has 0 N–H and O–H groups in total. The second-order valence-electron chi connectivity index (χ2n) is 11.7. The fraction of sp³-hybridized carbons (Fsp3) is 0.0750. The van der Waals surface area contributed by atoms with Crippen molar-refractivity contribution in [3.05, 3.63) is 151 Å². The predicted octanol–water partition coefficient (Wildman–Crippen LogP) is 10.00. The summed E-state index contributed by atoms with van der Waals surface area (Å²) < 4.78 is 0. The van der Waals surface area contributed by atoms with Gasteiger partial charge in [-0.25, -0.2) is 9.97 Å². The molecule has 5 aromatic carbocycles. The van der Waals surface area contributed by atoms with Gasteiger partial charge in [-0.3, -0.25) is 4.98 Å². The van der Waals surface area contributed by atoms with Gasteiger partial charge in [-0.1, -0.05) is 123 Å². The summed E-state index contributed by atoms with van der Waals surface area (Å²) in [5.74, 6) is 0.724. The number of hydrogen-bond donors (Lipinski definition) is 0. The third-order valence-electron chi connectivity index (χ3n) is 8.79. The lowest BCUT2D eigenvalue weighted by molar-refractivity contribution is 0.661. The molecule has 1 aliphatic carbocycles. The first-order valence-corrected chi connectivity index (χ1v) is 14.7. The van der Waals surface area contributed by atoms with Gasteiger partial charge in [0.1, 0.15) is 0 Å². The number of fused-ring (bicyclic) bond motifs is 5. The average Bonchev–Trinajstić information content (AvgIpc) is 3.31. The van der Waals surface area contributed by atoms with E-state index in [1.54, 1.807) is 6.20 Å². The molecule has 43 heavy (non-hydrogen) atoms. The van der Waals surface area contributed by atoms with Crippen molar-refractivity contribution in [1.29, 1.82) is 0 Å². The van der Waals surface area contributed by atoms with Gasteiger partial charge in [0, 0.05) is 34.5 Å². The summed E-state index contributed by atoms with van der Waals surface area (Å²) in [5, 5.41) is 2.55. The average molecular weight is 552 g/mol. The van der Waals surface area contributed by atoms with E-state index in [0.29, 0.717) is 0 Å². The van der Waals surface area contributed by atoms with Crippen LogP contribution in [-0.4, -0.2) is 15.0 Å². The highest BCUT2D eigenvalue weighted by atomic mass is 14.9. The van der Waals surface area contributed by atoms with Gasteiger partial charge >= 0.3 is 0 Å². The Labute approximate surface area is 251 Å². The number of benzene rings is 5.